The van der Waals surface area contributed by atoms with Crippen molar-refractivity contribution in [2.75, 3.05) is 0 Å². The van der Waals surface area contributed by atoms with Crippen LogP contribution in [0.3, 0.4) is 0 Å². The Labute approximate surface area is 109 Å². The summed E-state index contributed by atoms with van der Waals surface area (Å²) >= 11 is 0. The predicted octanol–water partition coefficient (Wildman–Crippen LogP) is 4.99. The van der Waals surface area contributed by atoms with Crippen molar-refractivity contribution in [3.8, 4) is 0 Å². The largest absolute Gasteiger partial charge is 0.0801 e. The number of hydrogen-bond donors (Lipinski definition) is 0. The molecule has 0 saturated carbocycles. The van der Waals surface area contributed by atoms with Crippen molar-refractivity contribution >= 4 is 11.1 Å². The fourth-order valence-corrected chi connectivity index (χ4v) is 2.78. The third kappa shape index (κ3) is 1.78. The van der Waals surface area contributed by atoms with Gasteiger partial charge in [0.05, 0.1) is 0 Å². The van der Waals surface area contributed by atoms with Gasteiger partial charge in [-0.3, -0.25) is 0 Å². The number of hydrogen-bond acceptors (Lipinski definition) is 0. The van der Waals surface area contributed by atoms with E-state index in [9.17, 15) is 0 Å². The van der Waals surface area contributed by atoms with E-state index in [2.05, 4.69) is 62.4 Å². The number of rotatable bonds is 2. The summed E-state index contributed by atoms with van der Waals surface area (Å²) in [5, 5.41) is 0. The van der Waals surface area contributed by atoms with Crippen LogP contribution in [-0.2, 0) is 0 Å². The molecule has 1 aromatic carbocycles. The Hall–Kier alpha value is -1.82. The normalized spacial score (nSPS) is 17.2. The van der Waals surface area contributed by atoms with Gasteiger partial charge in [-0.05, 0) is 60.1 Å². The fourth-order valence-electron chi connectivity index (χ4n) is 2.78. The van der Waals surface area contributed by atoms with Gasteiger partial charge in [0.2, 0.25) is 0 Å². The van der Waals surface area contributed by atoms with E-state index in [0.717, 1.165) is 12.8 Å². The average molecular weight is 234 g/mol. The molecule has 2 aliphatic rings. The van der Waals surface area contributed by atoms with Crippen LogP contribution in [0.1, 0.15) is 35.1 Å². The van der Waals surface area contributed by atoms with Crippen LogP contribution >= 0.6 is 0 Å². The summed E-state index contributed by atoms with van der Waals surface area (Å²) in [5.41, 5.74) is 8.58. The highest BCUT2D eigenvalue weighted by Crippen LogP contribution is 2.36. The molecule has 0 N–H and O–H groups in total. The van der Waals surface area contributed by atoms with Crippen molar-refractivity contribution in [3.05, 3.63) is 70.8 Å². The monoisotopic (exact) mass is 234 g/mol. The van der Waals surface area contributed by atoms with Gasteiger partial charge in [0.1, 0.15) is 0 Å². The minimum atomic E-state index is 1.07. The first-order chi connectivity index (χ1) is 8.77. The summed E-state index contributed by atoms with van der Waals surface area (Å²) in [6.45, 7) is 4.45. The Kier molecular flexibility index (Phi) is 2.79. The lowest BCUT2D eigenvalue weighted by Crippen LogP contribution is -1.97. The maximum Gasteiger partial charge on any atom is -0.00881 e. The Morgan fingerprint density at radius 3 is 2.11 bits per heavy atom. The van der Waals surface area contributed by atoms with E-state index in [1.165, 1.54) is 33.4 Å². The molecule has 0 spiro atoms. The highest BCUT2D eigenvalue weighted by atomic mass is 14.2. The summed E-state index contributed by atoms with van der Waals surface area (Å²) in [6, 6.07) is 4.53. The SMILES string of the molecule is Cc1ccc(C2=CC=CC2)c(C2=CC=CC2)c1C. The lowest BCUT2D eigenvalue weighted by Gasteiger charge is -2.17. The Morgan fingerprint density at radius 1 is 0.833 bits per heavy atom. The van der Waals surface area contributed by atoms with Gasteiger partial charge in [0, 0.05) is 0 Å². The van der Waals surface area contributed by atoms with Crippen LogP contribution in [-0.4, -0.2) is 0 Å². The van der Waals surface area contributed by atoms with Gasteiger partial charge >= 0.3 is 0 Å². The van der Waals surface area contributed by atoms with E-state index < -0.39 is 0 Å². The molecule has 0 heteroatoms. The van der Waals surface area contributed by atoms with Crippen LogP contribution in [0.4, 0.5) is 0 Å². The minimum Gasteiger partial charge on any atom is -0.0801 e. The first-order valence-electron chi connectivity index (χ1n) is 6.59. The summed E-state index contributed by atoms with van der Waals surface area (Å²) in [6.07, 6.45) is 15.4. The molecule has 0 aliphatic heterocycles. The van der Waals surface area contributed by atoms with Crippen LogP contribution < -0.4 is 0 Å². The molecule has 0 fully saturated rings. The number of aryl methyl sites for hydroxylation is 1. The Balaban J connectivity index is 2.16. The first-order valence-corrected chi connectivity index (χ1v) is 6.59. The second kappa shape index (κ2) is 4.45. The van der Waals surface area contributed by atoms with E-state index in [0.29, 0.717) is 0 Å². The standard InChI is InChI=1S/C18H18/c1-13-11-12-17(15-7-3-4-8-15)18(14(13)2)16-9-5-6-10-16/h3-7,9,11-12H,8,10H2,1-2H3. The highest BCUT2D eigenvalue weighted by Gasteiger charge is 2.16. The molecule has 0 nitrogen and oxygen atoms in total. The highest BCUT2D eigenvalue weighted by molar-refractivity contribution is 5.85. The van der Waals surface area contributed by atoms with Crippen molar-refractivity contribution in [3.63, 3.8) is 0 Å². The van der Waals surface area contributed by atoms with E-state index >= 15 is 0 Å². The summed E-state index contributed by atoms with van der Waals surface area (Å²) < 4.78 is 0. The molecule has 18 heavy (non-hydrogen) atoms. The number of benzene rings is 1. The molecule has 90 valence electrons. The van der Waals surface area contributed by atoms with Crippen LogP contribution in [0.5, 0.6) is 0 Å². The van der Waals surface area contributed by atoms with E-state index in [4.69, 9.17) is 0 Å². The second-order valence-corrected chi connectivity index (χ2v) is 5.08. The van der Waals surface area contributed by atoms with Crippen molar-refractivity contribution in [2.24, 2.45) is 0 Å². The predicted molar refractivity (Wildman–Crippen MR) is 79.4 cm³/mol. The molecule has 1 aromatic rings. The molecular formula is C18H18. The van der Waals surface area contributed by atoms with E-state index in [-0.39, 0.29) is 0 Å². The maximum absolute atomic E-state index is 2.29. The Bertz CT molecular complexity index is 607. The van der Waals surface area contributed by atoms with Gasteiger partial charge in [-0.1, -0.05) is 48.6 Å². The van der Waals surface area contributed by atoms with Gasteiger partial charge in [-0.2, -0.15) is 0 Å². The van der Waals surface area contributed by atoms with Crippen LogP contribution in [0, 0.1) is 13.8 Å². The fraction of sp³-hybridized carbons (Fsp3) is 0.222. The quantitative estimate of drug-likeness (QED) is 0.676. The van der Waals surface area contributed by atoms with Crippen molar-refractivity contribution in [1.29, 1.82) is 0 Å². The van der Waals surface area contributed by atoms with E-state index in [1.54, 1.807) is 0 Å². The zero-order chi connectivity index (χ0) is 12.5. The molecule has 0 radical (unpaired) electrons. The number of allylic oxidation sites excluding steroid dienone is 8. The third-order valence-corrected chi connectivity index (χ3v) is 3.95. The lowest BCUT2D eigenvalue weighted by molar-refractivity contribution is 1.26. The molecule has 3 rings (SSSR count). The lowest BCUT2D eigenvalue weighted by atomic mass is 9.87. The molecule has 0 amide bonds. The van der Waals surface area contributed by atoms with Crippen LogP contribution in [0.15, 0.2) is 48.6 Å². The molecule has 0 atom stereocenters. The van der Waals surface area contributed by atoms with Gasteiger partial charge in [-0.15, -0.1) is 0 Å². The van der Waals surface area contributed by atoms with Gasteiger partial charge in [-0.25, -0.2) is 0 Å². The summed E-state index contributed by atoms with van der Waals surface area (Å²) in [7, 11) is 0. The molecule has 0 bridgehead atoms. The molecule has 2 aliphatic carbocycles. The van der Waals surface area contributed by atoms with Crippen molar-refractivity contribution < 1.29 is 0 Å². The molecule has 0 aromatic heterocycles. The van der Waals surface area contributed by atoms with Crippen molar-refractivity contribution in [1.82, 2.24) is 0 Å². The van der Waals surface area contributed by atoms with Gasteiger partial charge in [0.15, 0.2) is 0 Å². The molecule has 0 heterocycles. The van der Waals surface area contributed by atoms with Crippen LogP contribution in [0.25, 0.3) is 11.1 Å². The summed E-state index contributed by atoms with van der Waals surface area (Å²) in [5.74, 6) is 0. The minimum absolute atomic E-state index is 1.07. The van der Waals surface area contributed by atoms with Crippen molar-refractivity contribution in [2.45, 2.75) is 26.7 Å². The first kappa shape index (κ1) is 11.3. The molecule has 0 saturated heterocycles. The zero-order valence-electron chi connectivity index (χ0n) is 11.0. The topological polar surface area (TPSA) is 0 Å². The zero-order valence-corrected chi connectivity index (χ0v) is 11.0. The van der Waals surface area contributed by atoms with E-state index in [1.807, 2.05) is 0 Å². The maximum atomic E-state index is 2.29. The average Bonchev–Trinajstić information content (AvgIpc) is 3.03. The van der Waals surface area contributed by atoms with Gasteiger partial charge in [0.25, 0.3) is 0 Å². The third-order valence-electron chi connectivity index (χ3n) is 3.95. The van der Waals surface area contributed by atoms with Crippen LogP contribution in [0.2, 0.25) is 0 Å². The Morgan fingerprint density at radius 2 is 1.50 bits per heavy atom. The second-order valence-electron chi connectivity index (χ2n) is 5.08. The summed E-state index contributed by atoms with van der Waals surface area (Å²) in [4.78, 5) is 0. The van der Waals surface area contributed by atoms with Gasteiger partial charge < -0.3 is 0 Å². The molecular weight excluding hydrogens is 216 g/mol. The smallest absolute Gasteiger partial charge is 0.00881 e. The molecule has 0 unspecified atom stereocenters.